The van der Waals surface area contributed by atoms with Crippen molar-refractivity contribution in [2.75, 3.05) is 4.90 Å². The average Bonchev–Trinajstić information content (AvgIpc) is 3.25. The Morgan fingerprint density at radius 2 is 1.80 bits per heavy atom. The standard InChI is InChI=1S/C23H26N2O5/c1-6-16-11-12-29-21(16)25(22(28)30-23(3,4)5)20(27)13-17-14-24(15(2)26)19-10-8-7-9-18(17)19/h7-12,14H,6,13H2,1-5H3. The number of hydrogen-bond acceptors (Lipinski definition) is 5. The Hall–Kier alpha value is -3.35. The summed E-state index contributed by atoms with van der Waals surface area (Å²) in [6.07, 6.45) is 2.78. The zero-order valence-corrected chi connectivity index (χ0v) is 17.9. The second-order valence-corrected chi connectivity index (χ2v) is 8.05. The molecule has 2 amide bonds. The minimum atomic E-state index is -0.799. The Bertz CT molecular complexity index is 1100. The van der Waals surface area contributed by atoms with Crippen molar-refractivity contribution in [3.8, 4) is 0 Å². The van der Waals surface area contributed by atoms with Crippen molar-refractivity contribution in [3.63, 3.8) is 0 Å². The number of amides is 2. The molecule has 0 aliphatic carbocycles. The van der Waals surface area contributed by atoms with Gasteiger partial charge in [0.25, 0.3) is 0 Å². The van der Waals surface area contributed by atoms with Gasteiger partial charge in [0.15, 0.2) is 0 Å². The van der Waals surface area contributed by atoms with E-state index >= 15 is 0 Å². The fourth-order valence-corrected chi connectivity index (χ4v) is 3.29. The molecule has 0 N–H and O–H groups in total. The summed E-state index contributed by atoms with van der Waals surface area (Å²) in [6, 6.07) is 9.06. The molecular formula is C23H26N2O5. The molecule has 0 spiro atoms. The van der Waals surface area contributed by atoms with E-state index in [0.29, 0.717) is 17.5 Å². The fourth-order valence-electron chi connectivity index (χ4n) is 3.29. The molecule has 0 fully saturated rings. The molecule has 0 saturated carbocycles. The second-order valence-electron chi connectivity index (χ2n) is 8.05. The first-order valence-electron chi connectivity index (χ1n) is 9.84. The van der Waals surface area contributed by atoms with Crippen LogP contribution < -0.4 is 4.90 Å². The Labute approximate surface area is 175 Å². The van der Waals surface area contributed by atoms with Crippen LogP contribution in [0.3, 0.4) is 0 Å². The van der Waals surface area contributed by atoms with E-state index < -0.39 is 17.6 Å². The summed E-state index contributed by atoms with van der Waals surface area (Å²) in [5.41, 5.74) is 1.30. The van der Waals surface area contributed by atoms with Crippen LogP contribution in [0.15, 0.2) is 47.2 Å². The summed E-state index contributed by atoms with van der Waals surface area (Å²) < 4.78 is 12.4. The van der Waals surface area contributed by atoms with Gasteiger partial charge < -0.3 is 9.15 Å². The molecule has 0 saturated heterocycles. The normalized spacial score (nSPS) is 11.5. The van der Waals surface area contributed by atoms with E-state index in [1.165, 1.54) is 17.8 Å². The monoisotopic (exact) mass is 410 g/mol. The van der Waals surface area contributed by atoms with Gasteiger partial charge in [-0.25, -0.2) is 4.79 Å². The number of aryl methyl sites for hydroxylation is 1. The highest BCUT2D eigenvalue weighted by atomic mass is 16.6. The van der Waals surface area contributed by atoms with Gasteiger partial charge in [-0.3, -0.25) is 14.2 Å². The summed E-state index contributed by atoms with van der Waals surface area (Å²) in [5, 5.41) is 0.778. The molecule has 158 valence electrons. The number of para-hydroxylation sites is 1. The molecule has 0 bridgehead atoms. The Balaban J connectivity index is 2.01. The molecule has 7 heteroatoms. The van der Waals surface area contributed by atoms with Crippen LogP contribution >= 0.6 is 0 Å². The van der Waals surface area contributed by atoms with Gasteiger partial charge in [-0.1, -0.05) is 25.1 Å². The summed E-state index contributed by atoms with van der Waals surface area (Å²) in [5.74, 6) is -0.499. The maximum Gasteiger partial charge on any atom is 0.424 e. The van der Waals surface area contributed by atoms with Gasteiger partial charge in [0.1, 0.15) is 5.60 Å². The number of furan rings is 1. The third-order valence-electron chi connectivity index (χ3n) is 4.61. The Morgan fingerprint density at radius 1 is 1.10 bits per heavy atom. The van der Waals surface area contributed by atoms with Crippen LogP contribution in [-0.4, -0.2) is 28.1 Å². The number of carbonyl (C=O) groups is 3. The summed E-state index contributed by atoms with van der Waals surface area (Å²) in [7, 11) is 0. The SMILES string of the molecule is CCc1ccoc1N(C(=O)Cc1cn(C(C)=O)c2ccccc12)C(=O)OC(C)(C)C. The fraction of sp³-hybridized carbons (Fsp3) is 0.348. The molecule has 2 aromatic heterocycles. The van der Waals surface area contributed by atoms with Crippen LogP contribution in [0.1, 0.15) is 50.5 Å². The van der Waals surface area contributed by atoms with Crippen LogP contribution in [0.2, 0.25) is 0 Å². The number of anilines is 1. The van der Waals surface area contributed by atoms with E-state index in [2.05, 4.69) is 0 Å². The summed E-state index contributed by atoms with van der Waals surface area (Å²) in [4.78, 5) is 39.2. The third-order valence-corrected chi connectivity index (χ3v) is 4.61. The smallest absolute Gasteiger partial charge is 0.424 e. The highest BCUT2D eigenvalue weighted by Gasteiger charge is 2.32. The van der Waals surface area contributed by atoms with Crippen molar-refractivity contribution in [2.24, 2.45) is 0 Å². The lowest BCUT2D eigenvalue weighted by Gasteiger charge is -2.25. The maximum absolute atomic E-state index is 13.3. The number of fused-ring (bicyclic) bond motifs is 1. The molecule has 0 aliphatic heterocycles. The zero-order valence-electron chi connectivity index (χ0n) is 17.9. The van der Waals surface area contributed by atoms with E-state index in [1.54, 1.807) is 33.0 Å². The molecule has 7 nitrogen and oxygen atoms in total. The van der Waals surface area contributed by atoms with Crippen LogP contribution in [-0.2, 0) is 22.4 Å². The number of carbonyl (C=O) groups excluding carboxylic acids is 3. The van der Waals surface area contributed by atoms with Crippen molar-refractivity contribution in [3.05, 3.63) is 53.9 Å². The van der Waals surface area contributed by atoms with Crippen LogP contribution in [0.5, 0.6) is 0 Å². The van der Waals surface area contributed by atoms with Gasteiger partial charge in [-0.2, -0.15) is 4.90 Å². The first kappa shape index (κ1) is 21.4. The molecule has 0 unspecified atom stereocenters. The molecule has 0 aliphatic rings. The number of nitrogens with zero attached hydrogens (tertiary/aromatic N) is 2. The largest absolute Gasteiger partial charge is 0.447 e. The number of benzene rings is 1. The van der Waals surface area contributed by atoms with Gasteiger partial charge in [-0.05, 0) is 44.9 Å². The molecular weight excluding hydrogens is 384 g/mol. The van der Waals surface area contributed by atoms with Crippen molar-refractivity contribution < 1.29 is 23.5 Å². The van der Waals surface area contributed by atoms with Gasteiger partial charge in [0, 0.05) is 24.1 Å². The number of imide groups is 1. The van der Waals surface area contributed by atoms with Gasteiger partial charge >= 0.3 is 6.09 Å². The average molecular weight is 410 g/mol. The maximum atomic E-state index is 13.3. The van der Waals surface area contributed by atoms with Crippen molar-refractivity contribution >= 4 is 34.7 Å². The lowest BCUT2D eigenvalue weighted by molar-refractivity contribution is -0.117. The van der Waals surface area contributed by atoms with E-state index in [4.69, 9.17) is 9.15 Å². The lowest BCUT2D eigenvalue weighted by Crippen LogP contribution is -2.42. The van der Waals surface area contributed by atoms with E-state index in [-0.39, 0.29) is 18.2 Å². The minimum absolute atomic E-state index is 0.0934. The molecule has 1 aromatic carbocycles. The Morgan fingerprint density at radius 3 is 2.43 bits per heavy atom. The highest BCUT2D eigenvalue weighted by Crippen LogP contribution is 2.27. The van der Waals surface area contributed by atoms with Crippen molar-refractivity contribution in [2.45, 2.75) is 53.1 Å². The van der Waals surface area contributed by atoms with Crippen LogP contribution in [0.25, 0.3) is 10.9 Å². The Kier molecular flexibility index (Phi) is 5.82. The molecule has 3 rings (SSSR count). The first-order chi connectivity index (χ1) is 14.1. The zero-order chi connectivity index (χ0) is 22.1. The minimum Gasteiger partial charge on any atom is -0.447 e. The molecule has 0 atom stereocenters. The predicted molar refractivity (Wildman–Crippen MR) is 114 cm³/mol. The number of hydrogen-bond donors (Lipinski definition) is 0. The van der Waals surface area contributed by atoms with Crippen molar-refractivity contribution in [1.29, 1.82) is 0 Å². The van der Waals surface area contributed by atoms with Gasteiger partial charge in [0.05, 0.1) is 18.2 Å². The second kappa shape index (κ2) is 8.18. The predicted octanol–water partition coefficient (Wildman–Crippen LogP) is 4.97. The van der Waals surface area contributed by atoms with Gasteiger partial charge in [-0.15, -0.1) is 0 Å². The summed E-state index contributed by atoms with van der Waals surface area (Å²) >= 11 is 0. The topological polar surface area (TPSA) is 81.8 Å². The molecule has 0 radical (unpaired) electrons. The molecule has 2 heterocycles. The number of rotatable bonds is 4. The van der Waals surface area contributed by atoms with E-state index in [9.17, 15) is 14.4 Å². The molecule has 3 aromatic rings. The van der Waals surface area contributed by atoms with Crippen molar-refractivity contribution in [1.82, 2.24) is 4.57 Å². The lowest BCUT2D eigenvalue weighted by atomic mass is 10.1. The number of ether oxygens (including phenoxy) is 1. The number of aromatic nitrogens is 1. The van der Waals surface area contributed by atoms with E-state index in [0.717, 1.165) is 15.8 Å². The highest BCUT2D eigenvalue weighted by molar-refractivity contribution is 6.13. The van der Waals surface area contributed by atoms with Crippen LogP contribution in [0, 0.1) is 0 Å². The van der Waals surface area contributed by atoms with E-state index in [1.807, 2.05) is 31.2 Å². The third kappa shape index (κ3) is 4.30. The van der Waals surface area contributed by atoms with Crippen LogP contribution in [0.4, 0.5) is 10.7 Å². The first-order valence-corrected chi connectivity index (χ1v) is 9.84. The summed E-state index contributed by atoms with van der Waals surface area (Å²) in [6.45, 7) is 8.57. The molecule has 30 heavy (non-hydrogen) atoms. The quantitative estimate of drug-likeness (QED) is 0.607. The van der Waals surface area contributed by atoms with Gasteiger partial charge in [0.2, 0.25) is 17.7 Å².